The zero-order valence-corrected chi connectivity index (χ0v) is 18.7. The predicted octanol–water partition coefficient (Wildman–Crippen LogP) is 6.22. The number of halogens is 3. The van der Waals surface area contributed by atoms with Gasteiger partial charge in [0.15, 0.2) is 0 Å². The Kier molecular flexibility index (Phi) is 6.38. The van der Waals surface area contributed by atoms with Gasteiger partial charge in [0, 0.05) is 35.2 Å². The molecule has 1 unspecified atom stereocenters. The lowest BCUT2D eigenvalue weighted by Gasteiger charge is -2.43. The van der Waals surface area contributed by atoms with Crippen molar-refractivity contribution >= 4 is 46.4 Å². The van der Waals surface area contributed by atoms with Crippen LogP contribution in [0.4, 0.5) is 5.69 Å². The standard InChI is InChI=1S/C24H18Cl3N3O/c25-19-7-5-17(6-8-19)23-15-29(24(31)18-3-1-16(14-28)2-4-18)11-12-30(23)22-10-9-20(26)13-21(22)27/h1-10,13,23H,11-12,15H2. The summed E-state index contributed by atoms with van der Waals surface area (Å²) in [6.45, 7) is 1.64. The minimum Gasteiger partial charge on any atom is -0.360 e. The van der Waals surface area contributed by atoms with E-state index in [2.05, 4.69) is 11.0 Å². The summed E-state index contributed by atoms with van der Waals surface area (Å²) in [5.74, 6) is -0.0645. The molecule has 4 rings (SSSR count). The van der Waals surface area contributed by atoms with Gasteiger partial charge in [0.25, 0.3) is 5.91 Å². The van der Waals surface area contributed by atoms with E-state index >= 15 is 0 Å². The molecule has 1 atom stereocenters. The first-order chi connectivity index (χ1) is 15.0. The SMILES string of the molecule is N#Cc1ccc(C(=O)N2CCN(c3ccc(Cl)cc3Cl)C(c3ccc(Cl)cc3)C2)cc1. The monoisotopic (exact) mass is 469 g/mol. The molecule has 0 saturated carbocycles. The quantitative estimate of drug-likeness (QED) is 0.456. The highest BCUT2D eigenvalue weighted by molar-refractivity contribution is 6.36. The summed E-state index contributed by atoms with van der Waals surface area (Å²) in [5.41, 5.74) is 2.99. The molecule has 0 aromatic heterocycles. The highest BCUT2D eigenvalue weighted by Crippen LogP contribution is 2.37. The van der Waals surface area contributed by atoms with E-state index in [0.29, 0.717) is 45.8 Å². The maximum absolute atomic E-state index is 13.1. The van der Waals surface area contributed by atoms with Crippen molar-refractivity contribution in [3.8, 4) is 6.07 Å². The molecule has 3 aromatic carbocycles. The average molecular weight is 471 g/mol. The Balaban J connectivity index is 1.65. The molecule has 1 aliphatic heterocycles. The van der Waals surface area contributed by atoms with Crippen LogP contribution in [0, 0.1) is 11.3 Å². The minimum absolute atomic E-state index is 0.0645. The van der Waals surface area contributed by atoms with Gasteiger partial charge in [-0.2, -0.15) is 5.26 Å². The first-order valence-corrected chi connectivity index (χ1v) is 10.9. The fourth-order valence-corrected chi connectivity index (χ4v) is 4.45. The van der Waals surface area contributed by atoms with Gasteiger partial charge in [-0.25, -0.2) is 0 Å². The smallest absolute Gasteiger partial charge is 0.253 e. The molecule has 3 aromatic rings. The van der Waals surface area contributed by atoms with Crippen LogP contribution in [0.15, 0.2) is 66.7 Å². The Bertz CT molecular complexity index is 1140. The molecule has 7 heteroatoms. The highest BCUT2D eigenvalue weighted by Gasteiger charge is 2.32. The predicted molar refractivity (Wildman–Crippen MR) is 125 cm³/mol. The van der Waals surface area contributed by atoms with Gasteiger partial charge < -0.3 is 9.80 Å². The molecule has 1 fully saturated rings. The van der Waals surface area contributed by atoms with Crippen LogP contribution in [-0.4, -0.2) is 30.4 Å². The van der Waals surface area contributed by atoms with Gasteiger partial charge in [-0.3, -0.25) is 4.79 Å². The van der Waals surface area contributed by atoms with Crippen LogP contribution in [-0.2, 0) is 0 Å². The van der Waals surface area contributed by atoms with Crippen molar-refractivity contribution in [2.45, 2.75) is 6.04 Å². The molecule has 1 amide bonds. The summed E-state index contributed by atoms with van der Waals surface area (Å²) in [4.78, 5) is 17.2. The van der Waals surface area contributed by atoms with Crippen LogP contribution in [0.1, 0.15) is 27.5 Å². The largest absolute Gasteiger partial charge is 0.360 e. The van der Waals surface area contributed by atoms with E-state index in [1.54, 1.807) is 30.3 Å². The Morgan fingerprint density at radius 2 is 1.58 bits per heavy atom. The van der Waals surface area contributed by atoms with Gasteiger partial charge in [-0.1, -0.05) is 46.9 Å². The molecule has 0 bridgehead atoms. The van der Waals surface area contributed by atoms with Crippen molar-refractivity contribution in [1.82, 2.24) is 4.90 Å². The third-order valence-electron chi connectivity index (χ3n) is 5.40. The first kappa shape index (κ1) is 21.5. The van der Waals surface area contributed by atoms with Crippen molar-refractivity contribution < 1.29 is 4.79 Å². The number of carbonyl (C=O) groups is 1. The molecule has 0 N–H and O–H groups in total. The molecule has 1 saturated heterocycles. The molecule has 1 heterocycles. The van der Waals surface area contributed by atoms with Crippen LogP contribution in [0.2, 0.25) is 15.1 Å². The van der Waals surface area contributed by atoms with Gasteiger partial charge in [0.1, 0.15) is 0 Å². The van der Waals surface area contributed by atoms with E-state index < -0.39 is 0 Å². The topological polar surface area (TPSA) is 47.3 Å². The number of hydrogen-bond acceptors (Lipinski definition) is 3. The number of benzene rings is 3. The third-order valence-corrected chi connectivity index (χ3v) is 6.19. The van der Waals surface area contributed by atoms with E-state index in [-0.39, 0.29) is 11.9 Å². The molecular weight excluding hydrogens is 453 g/mol. The van der Waals surface area contributed by atoms with Crippen molar-refractivity contribution in [3.05, 3.63) is 98.5 Å². The lowest BCUT2D eigenvalue weighted by Crippen LogP contribution is -2.50. The molecule has 31 heavy (non-hydrogen) atoms. The normalized spacial score (nSPS) is 16.1. The highest BCUT2D eigenvalue weighted by atomic mass is 35.5. The number of piperazine rings is 1. The second-order valence-electron chi connectivity index (χ2n) is 7.30. The van der Waals surface area contributed by atoms with E-state index in [1.807, 2.05) is 41.3 Å². The van der Waals surface area contributed by atoms with Crippen LogP contribution in [0.5, 0.6) is 0 Å². The first-order valence-electron chi connectivity index (χ1n) is 9.73. The van der Waals surface area contributed by atoms with Crippen molar-refractivity contribution in [3.63, 3.8) is 0 Å². The summed E-state index contributed by atoms with van der Waals surface area (Å²) in [5, 5.41) is 10.8. The molecule has 1 aliphatic rings. The summed E-state index contributed by atoms with van der Waals surface area (Å²) < 4.78 is 0. The van der Waals surface area contributed by atoms with Crippen LogP contribution >= 0.6 is 34.8 Å². The number of nitriles is 1. The lowest BCUT2D eigenvalue weighted by molar-refractivity contribution is 0.0722. The maximum Gasteiger partial charge on any atom is 0.253 e. The van der Waals surface area contributed by atoms with Gasteiger partial charge >= 0.3 is 0 Å². The Morgan fingerprint density at radius 1 is 0.903 bits per heavy atom. The van der Waals surface area contributed by atoms with E-state index in [9.17, 15) is 4.79 Å². The number of amides is 1. The summed E-state index contributed by atoms with van der Waals surface area (Å²) in [6.07, 6.45) is 0. The second kappa shape index (κ2) is 9.20. The number of nitrogens with zero attached hydrogens (tertiary/aromatic N) is 3. The third kappa shape index (κ3) is 4.65. The zero-order valence-electron chi connectivity index (χ0n) is 16.4. The Morgan fingerprint density at radius 3 is 2.23 bits per heavy atom. The Labute approximate surface area is 196 Å². The average Bonchev–Trinajstić information content (AvgIpc) is 2.79. The number of anilines is 1. The second-order valence-corrected chi connectivity index (χ2v) is 8.58. The fourth-order valence-electron chi connectivity index (χ4n) is 3.81. The fraction of sp³-hybridized carbons (Fsp3) is 0.167. The Hall–Kier alpha value is -2.71. The molecular formula is C24H18Cl3N3O. The summed E-state index contributed by atoms with van der Waals surface area (Å²) in [6, 6.07) is 21.8. The van der Waals surface area contributed by atoms with E-state index in [4.69, 9.17) is 40.1 Å². The number of carbonyl (C=O) groups excluding carboxylic acids is 1. The molecule has 0 spiro atoms. The van der Waals surface area contributed by atoms with Crippen molar-refractivity contribution in [2.24, 2.45) is 0 Å². The summed E-state index contributed by atoms with van der Waals surface area (Å²) in [7, 11) is 0. The number of rotatable bonds is 3. The van der Waals surface area contributed by atoms with Crippen LogP contribution in [0.3, 0.4) is 0 Å². The minimum atomic E-state index is -0.105. The van der Waals surface area contributed by atoms with Gasteiger partial charge in [-0.05, 0) is 60.2 Å². The van der Waals surface area contributed by atoms with E-state index in [0.717, 1.165) is 11.3 Å². The lowest BCUT2D eigenvalue weighted by atomic mass is 10.0. The molecule has 0 radical (unpaired) electrons. The van der Waals surface area contributed by atoms with E-state index in [1.165, 1.54) is 0 Å². The molecule has 4 nitrogen and oxygen atoms in total. The molecule has 0 aliphatic carbocycles. The van der Waals surface area contributed by atoms with Crippen molar-refractivity contribution in [1.29, 1.82) is 5.26 Å². The summed E-state index contributed by atoms with van der Waals surface area (Å²) >= 11 is 18.7. The van der Waals surface area contributed by atoms with Crippen LogP contribution in [0.25, 0.3) is 0 Å². The van der Waals surface area contributed by atoms with Gasteiger partial charge in [0.2, 0.25) is 0 Å². The van der Waals surface area contributed by atoms with Gasteiger partial charge in [-0.15, -0.1) is 0 Å². The van der Waals surface area contributed by atoms with Gasteiger partial charge in [0.05, 0.1) is 28.4 Å². The van der Waals surface area contributed by atoms with Crippen molar-refractivity contribution in [2.75, 3.05) is 24.5 Å². The van der Waals surface area contributed by atoms with Crippen LogP contribution < -0.4 is 4.90 Å². The molecule has 156 valence electrons. The number of hydrogen-bond donors (Lipinski definition) is 0. The maximum atomic E-state index is 13.1. The zero-order chi connectivity index (χ0) is 22.0.